The molecule has 6 heteroatoms. The monoisotopic (exact) mass is 301 g/mol. The van der Waals surface area contributed by atoms with Gasteiger partial charge in [0.15, 0.2) is 0 Å². The first-order valence-corrected chi connectivity index (χ1v) is 6.42. The minimum Gasteiger partial charge on any atom is -0.487 e. The summed E-state index contributed by atoms with van der Waals surface area (Å²) in [5.74, 6) is 1.13. The molecule has 0 atom stereocenters. The van der Waals surface area contributed by atoms with Crippen LogP contribution in [0.3, 0.4) is 0 Å². The van der Waals surface area contributed by atoms with E-state index in [1.165, 1.54) is 0 Å². The lowest BCUT2D eigenvalue weighted by Gasteiger charge is -2.12. The van der Waals surface area contributed by atoms with Crippen molar-refractivity contribution in [2.24, 2.45) is 0 Å². The maximum Gasteiger partial charge on any atom is 0.144 e. The summed E-state index contributed by atoms with van der Waals surface area (Å²) in [6, 6.07) is 3.20. The first-order chi connectivity index (χ1) is 9.02. The van der Waals surface area contributed by atoms with E-state index < -0.39 is 0 Å². The number of hydrogen-bond acceptors (Lipinski definition) is 4. The molecule has 0 aliphatic heterocycles. The topological polar surface area (TPSA) is 55.5 Å². The average molecular weight is 302 g/mol. The standard InChI is InChI=1S/C13H13Cl2NO3/c1-7-11(8(2)19-16-7)6-18-13-9(5-17)3-10(14)4-12(13)15/h3-4,17H,5-6H2,1-2H3. The molecule has 1 N–H and O–H groups in total. The number of aromatic nitrogens is 1. The summed E-state index contributed by atoms with van der Waals surface area (Å²) >= 11 is 11.9. The highest BCUT2D eigenvalue weighted by atomic mass is 35.5. The van der Waals surface area contributed by atoms with Crippen molar-refractivity contribution in [3.63, 3.8) is 0 Å². The molecule has 2 aromatic rings. The number of halogens is 2. The van der Waals surface area contributed by atoms with Crippen LogP contribution in [0, 0.1) is 13.8 Å². The van der Waals surface area contributed by atoms with Gasteiger partial charge in [0.05, 0.1) is 22.9 Å². The minimum atomic E-state index is -0.197. The highest BCUT2D eigenvalue weighted by molar-refractivity contribution is 6.35. The summed E-state index contributed by atoms with van der Waals surface area (Å²) in [4.78, 5) is 0. The molecule has 0 unspecified atom stereocenters. The number of nitrogens with zero attached hydrogens (tertiary/aromatic N) is 1. The van der Waals surface area contributed by atoms with Gasteiger partial charge in [-0.25, -0.2) is 0 Å². The zero-order chi connectivity index (χ0) is 14.0. The fourth-order valence-electron chi connectivity index (χ4n) is 1.75. The Bertz CT molecular complexity index is 576. The molecule has 0 spiro atoms. The molecule has 0 aliphatic rings. The molecule has 0 aliphatic carbocycles. The van der Waals surface area contributed by atoms with Crippen molar-refractivity contribution in [3.8, 4) is 5.75 Å². The lowest BCUT2D eigenvalue weighted by atomic mass is 10.2. The van der Waals surface area contributed by atoms with E-state index in [1.807, 2.05) is 13.8 Å². The molecule has 4 nitrogen and oxygen atoms in total. The first kappa shape index (κ1) is 14.2. The van der Waals surface area contributed by atoms with E-state index in [9.17, 15) is 5.11 Å². The van der Waals surface area contributed by atoms with E-state index in [4.69, 9.17) is 32.5 Å². The predicted molar refractivity (Wildman–Crippen MR) is 72.7 cm³/mol. The van der Waals surface area contributed by atoms with Crippen molar-refractivity contribution in [2.45, 2.75) is 27.1 Å². The largest absolute Gasteiger partial charge is 0.487 e. The quantitative estimate of drug-likeness (QED) is 0.936. The summed E-state index contributed by atoms with van der Waals surface area (Å²) in [6.45, 7) is 3.73. The van der Waals surface area contributed by atoms with Gasteiger partial charge in [0, 0.05) is 10.6 Å². The molecule has 1 heterocycles. The SMILES string of the molecule is Cc1noc(C)c1COc1c(Cl)cc(Cl)cc1CO. The molecule has 19 heavy (non-hydrogen) atoms. The zero-order valence-corrected chi connectivity index (χ0v) is 12.0. The van der Waals surface area contributed by atoms with E-state index in [0.29, 0.717) is 27.1 Å². The van der Waals surface area contributed by atoms with Gasteiger partial charge in [0.25, 0.3) is 0 Å². The predicted octanol–water partition coefficient (Wildman–Crippen LogP) is 3.67. The maximum atomic E-state index is 9.31. The van der Waals surface area contributed by atoms with E-state index in [0.717, 1.165) is 11.3 Å². The van der Waals surface area contributed by atoms with Crippen LogP contribution in [0.5, 0.6) is 5.75 Å². The third-order valence-electron chi connectivity index (χ3n) is 2.80. The molecule has 0 fully saturated rings. The Morgan fingerprint density at radius 3 is 2.63 bits per heavy atom. The second kappa shape index (κ2) is 5.82. The van der Waals surface area contributed by atoms with Crippen LogP contribution in [0.1, 0.15) is 22.6 Å². The van der Waals surface area contributed by atoms with Crippen LogP contribution in [0.4, 0.5) is 0 Å². The Hall–Kier alpha value is -1.23. The summed E-state index contributed by atoms with van der Waals surface area (Å²) in [5.41, 5.74) is 2.19. The molecule has 0 saturated carbocycles. The van der Waals surface area contributed by atoms with Crippen molar-refractivity contribution < 1.29 is 14.4 Å². The lowest BCUT2D eigenvalue weighted by molar-refractivity contribution is 0.258. The van der Waals surface area contributed by atoms with Crippen molar-refractivity contribution >= 4 is 23.2 Å². The van der Waals surface area contributed by atoms with Crippen molar-refractivity contribution in [1.29, 1.82) is 0 Å². The summed E-state index contributed by atoms with van der Waals surface area (Å²) < 4.78 is 10.7. The van der Waals surface area contributed by atoms with E-state index in [1.54, 1.807) is 12.1 Å². The van der Waals surface area contributed by atoms with Crippen molar-refractivity contribution in [1.82, 2.24) is 5.16 Å². The van der Waals surface area contributed by atoms with Crippen LogP contribution in [0.2, 0.25) is 10.0 Å². The Kier molecular flexibility index (Phi) is 4.34. The number of hydrogen-bond donors (Lipinski definition) is 1. The van der Waals surface area contributed by atoms with Crippen LogP contribution in [-0.4, -0.2) is 10.3 Å². The Labute approximate surface area is 120 Å². The number of rotatable bonds is 4. The molecular formula is C13H13Cl2NO3. The Morgan fingerprint density at radius 2 is 2.05 bits per heavy atom. The summed E-state index contributed by atoms with van der Waals surface area (Å²) in [7, 11) is 0. The number of benzene rings is 1. The number of ether oxygens (including phenoxy) is 1. The second-order valence-electron chi connectivity index (χ2n) is 4.13. The van der Waals surface area contributed by atoms with E-state index >= 15 is 0 Å². The van der Waals surface area contributed by atoms with E-state index in [-0.39, 0.29) is 13.2 Å². The molecular weight excluding hydrogens is 289 g/mol. The van der Waals surface area contributed by atoms with Crippen LogP contribution < -0.4 is 4.74 Å². The van der Waals surface area contributed by atoms with Gasteiger partial charge in [0.1, 0.15) is 18.1 Å². The Morgan fingerprint density at radius 1 is 1.32 bits per heavy atom. The smallest absolute Gasteiger partial charge is 0.144 e. The van der Waals surface area contributed by atoms with Gasteiger partial charge in [-0.3, -0.25) is 0 Å². The molecule has 1 aromatic heterocycles. The summed E-state index contributed by atoms with van der Waals surface area (Å²) in [5, 5.41) is 14.0. The van der Waals surface area contributed by atoms with Crippen LogP contribution in [0.25, 0.3) is 0 Å². The van der Waals surface area contributed by atoms with Gasteiger partial charge in [-0.05, 0) is 26.0 Å². The molecule has 1 aromatic carbocycles. The van der Waals surface area contributed by atoms with Crippen LogP contribution >= 0.6 is 23.2 Å². The fraction of sp³-hybridized carbons (Fsp3) is 0.308. The maximum absolute atomic E-state index is 9.31. The summed E-state index contributed by atoms with van der Waals surface area (Å²) in [6.07, 6.45) is 0. The van der Waals surface area contributed by atoms with E-state index in [2.05, 4.69) is 5.16 Å². The number of aliphatic hydroxyl groups is 1. The van der Waals surface area contributed by atoms with Gasteiger partial charge in [-0.2, -0.15) is 0 Å². The normalized spacial score (nSPS) is 10.8. The zero-order valence-electron chi connectivity index (χ0n) is 10.5. The van der Waals surface area contributed by atoms with Crippen LogP contribution in [0.15, 0.2) is 16.7 Å². The third kappa shape index (κ3) is 3.03. The van der Waals surface area contributed by atoms with Crippen LogP contribution in [-0.2, 0) is 13.2 Å². The lowest BCUT2D eigenvalue weighted by Crippen LogP contribution is -2.01. The van der Waals surface area contributed by atoms with Crippen molar-refractivity contribution in [3.05, 3.63) is 44.8 Å². The van der Waals surface area contributed by atoms with Crippen molar-refractivity contribution in [2.75, 3.05) is 0 Å². The molecule has 0 bridgehead atoms. The van der Waals surface area contributed by atoms with Gasteiger partial charge in [0.2, 0.25) is 0 Å². The average Bonchev–Trinajstić information content (AvgIpc) is 2.67. The number of aliphatic hydroxyl groups excluding tert-OH is 1. The fourth-order valence-corrected chi connectivity index (χ4v) is 2.34. The molecule has 2 rings (SSSR count). The minimum absolute atomic E-state index is 0.197. The number of aryl methyl sites for hydroxylation is 2. The van der Waals surface area contributed by atoms with Gasteiger partial charge in [-0.1, -0.05) is 28.4 Å². The van der Waals surface area contributed by atoms with Gasteiger partial charge >= 0.3 is 0 Å². The molecule has 102 valence electrons. The second-order valence-corrected chi connectivity index (χ2v) is 4.97. The molecule has 0 amide bonds. The third-order valence-corrected chi connectivity index (χ3v) is 3.30. The highest BCUT2D eigenvalue weighted by Gasteiger charge is 2.14. The molecule has 0 saturated heterocycles. The van der Waals surface area contributed by atoms with Gasteiger partial charge in [-0.15, -0.1) is 0 Å². The Balaban J connectivity index is 2.25. The highest BCUT2D eigenvalue weighted by Crippen LogP contribution is 2.33. The molecule has 0 radical (unpaired) electrons. The van der Waals surface area contributed by atoms with Gasteiger partial charge < -0.3 is 14.4 Å². The first-order valence-electron chi connectivity index (χ1n) is 5.66.